The van der Waals surface area contributed by atoms with E-state index in [1.807, 2.05) is 0 Å². The molecule has 2 rings (SSSR count). The third-order valence-electron chi connectivity index (χ3n) is 2.82. The predicted molar refractivity (Wildman–Crippen MR) is 70.9 cm³/mol. The molecule has 0 spiro atoms. The maximum Gasteiger partial charge on any atom is 0.269 e. The van der Waals surface area contributed by atoms with Gasteiger partial charge in [-0.15, -0.1) is 5.10 Å². The summed E-state index contributed by atoms with van der Waals surface area (Å²) in [5.41, 5.74) is 0.656. The highest BCUT2D eigenvalue weighted by Gasteiger charge is 2.10. The molecule has 20 heavy (non-hydrogen) atoms. The van der Waals surface area contributed by atoms with Crippen molar-refractivity contribution in [3.63, 3.8) is 0 Å². The van der Waals surface area contributed by atoms with Crippen molar-refractivity contribution >= 4 is 5.69 Å². The van der Waals surface area contributed by atoms with Crippen LogP contribution in [-0.2, 0) is 6.54 Å². The fourth-order valence-corrected chi connectivity index (χ4v) is 1.72. The van der Waals surface area contributed by atoms with E-state index in [9.17, 15) is 15.2 Å². The Bertz CT molecular complexity index is 541. The monoisotopic (exact) mass is 277 g/mol. The molecule has 0 aliphatic carbocycles. The molecule has 8 heteroatoms. The number of aliphatic hydroxyl groups excluding tert-OH is 1. The third-order valence-corrected chi connectivity index (χ3v) is 2.82. The lowest BCUT2D eigenvalue weighted by atomic mass is 10.1. The van der Waals surface area contributed by atoms with E-state index in [0.29, 0.717) is 25.2 Å². The summed E-state index contributed by atoms with van der Waals surface area (Å²) in [6, 6.07) is 5.88. The number of aliphatic hydroxyl groups is 1. The van der Waals surface area contributed by atoms with Crippen LogP contribution in [0.1, 0.15) is 11.7 Å². The first-order chi connectivity index (χ1) is 9.66. The van der Waals surface area contributed by atoms with Gasteiger partial charge in [0.05, 0.1) is 23.8 Å². The average molecular weight is 277 g/mol. The number of rotatable bonds is 7. The molecular weight excluding hydrogens is 262 g/mol. The molecule has 1 unspecified atom stereocenters. The molecule has 0 bridgehead atoms. The topological polar surface area (TPSA) is 106 Å². The van der Waals surface area contributed by atoms with Crippen molar-refractivity contribution in [2.24, 2.45) is 0 Å². The fourth-order valence-electron chi connectivity index (χ4n) is 1.72. The summed E-state index contributed by atoms with van der Waals surface area (Å²) in [6.45, 7) is 1.67. The van der Waals surface area contributed by atoms with E-state index in [2.05, 4.69) is 15.6 Å². The first kappa shape index (κ1) is 14.1. The van der Waals surface area contributed by atoms with E-state index >= 15 is 0 Å². The summed E-state index contributed by atoms with van der Waals surface area (Å²) in [4.78, 5) is 10.1. The smallest absolute Gasteiger partial charge is 0.269 e. The molecule has 0 saturated carbocycles. The third kappa shape index (κ3) is 3.84. The highest BCUT2D eigenvalue weighted by Crippen LogP contribution is 2.17. The number of nitrogens with one attached hydrogen (secondary N) is 1. The lowest BCUT2D eigenvalue weighted by Gasteiger charge is -2.12. The summed E-state index contributed by atoms with van der Waals surface area (Å²) in [6.07, 6.45) is 2.66. The number of nitro groups is 1. The molecule has 0 amide bonds. The lowest BCUT2D eigenvalue weighted by Crippen LogP contribution is -2.25. The minimum absolute atomic E-state index is 0.0140. The largest absolute Gasteiger partial charge is 0.387 e. The standard InChI is InChI=1S/C12H15N5O3/c18-12(9-13-5-7-16-8-6-14-15-16)10-1-3-11(4-2-10)17(19)20/h1-4,6,8,12-13,18H,5,7,9H2. The van der Waals surface area contributed by atoms with E-state index in [4.69, 9.17) is 0 Å². The van der Waals surface area contributed by atoms with E-state index in [-0.39, 0.29) is 5.69 Å². The van der Waals surface area contributed by atoms with Crippen molar-refractivity contribution in [2.75, 3.05) is 13.1 Å². The summed E-state index contributed by atoms with van der Waals surface area (Å²) in [5, 5.41) is 31.1. The first-order valence-corrected chi connectivity index (χ1v) is 6.14. The molecular formula is C12H15N5O3. The van der Waals surface area contributed by atoms with Gasteiger partial charge >= 0.3 is 0 Å². The fraction of sp³-hybridized carbons (Fsp3) is 0.333. The quantitative estimate of drug-likeness (QED) is 0.434. The number of aromatic nitrogens is 3. The lowest BCUT2D eigenvalue weighted by molar-refractivity contribution is -0.384. The van der Waals surface area contributed by atoms with Crippen molar-refractivity contribution in [1.82, 2.24) is 20.3 Å². The average Bonchev–Trinajstić information content (AvgIpc) is 2.96. The predicted octanol–water partition coefficient (Wildman–Crippen LogP) is 0.509. The zero-order valence-corrected chi connectivity index (χ0v) is 10.7. The number of hydrogen-bond acceptors (Lipinski definition) is 6. The van der Waals surface area contributed by atoms with Gasteiger partial charge in [-0.2, -0.15) is 0 Å². The number of hydrogen-bond donors (Lipinski definition) is 2. The van der Waals surface area contributed by atoms with Gasteiger partial charge in [-0.1, -0.05) is 5.21 Å². The Kier molecular flexibility index (Phi) is 4.75. The molecule has 0 aliphatic rings. The van der Waals surface area contributed by atoms with E-state index in [1.165, 1.54) is 12.1 Å². The number of benzene rings is 1. The molecule has 106 valence electrons. The summed E-state index contributed by atoms with van der Waals surface area (Å²) >= 11 is 0. The second-order valence-corrected chi connectivity index (χ2v) is 4.23. The maximum atomic E-state index is 10.5. The molecule has 1 aromatic carbocycles. The highest BCUT2D eigenvalue weighted by atomic mass is 16.6. The zero-order valence-electron chi connectivity index (χ0n) is 10.7. The molecule has 0 fully saturated rings. The molecule has 0 radical (unpaired) electrons. The van der Waals surface area contributed by atoms with Gasteiger partial charge in [0, 0.05) is 31.4 Å². The maximum absolute atomic E-state index is 10.5. The minimum Gasteiger partial charge on any atom is -0.387 e. The van der Waals surface area contributed by atoms with E-state index in [1.54, 1.807) is 29.2 Å². The molecule has 2 N–H and O–H groups in total. The van der Waals surface area contributed by atoms with Gasteiger partial charge in [0.1, 0.15) is 0 Å². The van der Waals surface area contributed by atoms with Crippen LogP contribution in [-0.4, -0.2) is 38.1 Å². The van der Waals surface area contributed by atoms with Gasteiger partial charge < -0.3 is 10.4 Å². The van der Waals surface area contributed by atoms with Gasteiger partial charge in [-0.3, -0.25) is 14.8 Å². The van der Waals surface area contributed by atoms with Crippen LogP contribution < -0.4 is 5.32 Å². The number of non-ortho nitro benzene ring substituents is 1. The number of nitrogens with zero attached hydrogens (tertiary/aromatic N) is 4. The van der Waals surface area contributed by atoms with Crippen molar-refractivity contribution in [1.29, 1.82) is 0 Å². The van der Waals surface area contributed by atoms with Crippen LogP contribution >= 0.6 is 0 Å². The summed E-state index contributed by atoms with van der Waals surface area (Å²) in [5.74, 6) is 0. The normalized spacial score (nSPS) is 12.2. The van der Waals surface area contributed by atoms with Crippen LogP contribution in [0.3, 0.4) is 0 Å². The van der Waals surface area contributed by atoms with E-state index < -0.39 is 11.0 Å². The van der Waals surface area contributed by atoms with Crippen LogP contribution in [0, 0.1) is 10.1 Å². The van der Waals surface area contributed by atoms with Crippen molar-refractivity contribution in [3.05, 3.63) is 52.3 Å². The summed E-state index contributed by atoms with van der Waals surface area (Å²) < 4.78 is 1.69. The first-order valence-electron chi connectivity index (χ1n) is 6.14. The van der Waals surface area contributed by atoms with Crippen molar-refractivity contribution in [2.45, 2.75) is 12.6 Å². The molecule has 0 saturated heterocycles. The highest BCUT2D eigenvalue weighted by molar-refractivity contribution is 5.33. The zero-order chi connectivity index (χ0) is 14.4. The second kappa shape index (κ2) is 6.73. The van der Waals surface area contributed by atoms with Gasteiger partial charge in [-0.25, -0.2) is 0 Å². The van der Waals surface area contributed by atoms with Crippen LogP contribution in [0.2, 0.25) is 0 Å². The Labute approximate surface area is 115 Å². The Hall–Kier alpha value is -2.32. The van der Waals surface area contributed by atoms with Crippen molar-refractivity contribution in [3.8, 4) is 0 Å². The Morgan fingerprint density at radius 1 is 1.40 bits per heavy atom. The van der Waals surface area contributed by atoms with Gasteiger partial charge in [0.25, 0.3) is 5.69 Å². The molecule has 1 heterocycles. The minimum atomic E-state index is -0.702. The Morgan fingerprint density at radius 3 is 2.75 bits per heavy atom. The van der Waals surface area contributed by atoms with Crippen LogP contribution in [0.5, 0.6) is 0 Å². The van der Waals surface area contributed by atoms with Gasteiger partial charge in [0.15, 0.2) is 0 Å². The van der Waals surface area contributed by atoms with Crippen molar-refractivity contribution < 1.29 is 10.0 Å². The van der Waals surface area contributed by atoms with Crippen LogP contribution in [0.15, 0.2) is 36.7 Å². The molecule has 2 aromatic rings. The second-order valence-electron chi connectivity index (χ2n) is 4.23. The SMILES string of the molecule is O=[N+]([O-])c1ccc(C(O)CNCCn2ccnn2)cc1. The summed E-state index contributed by atoms with van der Waals surface area (Å²) in [7, 11) is 0. The molecule has 8 nitrogen and oxygen atoms in total. The number of nitro benzene ring substituents is 1. The van der Waals surface area contributed by atoms with Gasteiger partial charge in [0.2, 0.25) is 0 Å². The molecule has 0 aliphatic heterocycles. The van der Waals surface area contributed by atoms with Gasteiger partial charge in [-0.05, 0) is 17.7 Å². The Morgan fingerprint density at radius 2 is 2.15 bits per heavy atom. The van der Waals surface area contributed by atoms with E-state index in [0.717, 1.165) is 0 Å². The van der Waals surface area contributed by atoms with Crippen LogP contribution in [0.25, 0.3) is 0 Å². The molecule has 1 aromatic heterocycles. The van der Waals surface area contributed by atoms with Crippen LogP contribution in [0.4, 0.5) is 5.69 Å². The Balaban J connectivity index is 1.76. The molecule has 1 atom stereocenters.